The van der Waals surface area contributed by atoms with Crippen molar-refractivity contribution < 1.29 is 4.74 Å². The van der Waals surface area contributed by atoms with Gasteiger partial charge in [-0.15, -0.1) is 10.2 Å². The topological polar surface area (TPSA) is 39.9 Å². The third-order valence-electron chi connectivity index (χ3n) is 3.42. The maximum Gasteiger partial charge on any atom is 0.196 e. The van der Waals surface area contributed by atoms with Crippen molar-refractivity contribution in [3.63, 3.8) is 0 Å². The molecule has 24 heavy (non-hydrogen) atoms. The van der Waals surface area contributed by atoms with Gasteiger partial charge in [-0.3, -0.25) is 4.57 Å². The van der Waals surface area contributed by atoms with Gasteiger partial charge in [0.05, 0.1) is 6.61 Å². The monoisotopic (exact) mass is 403 g/mol. The minimum Gasteiger partial charge on any atom is -0.494 e. The van der Waals surface area contributed by atoms with Crippen molar-refractivity contribution in [2.24, 2.45) is 0 Å². The van der Waals surface area contributed by atoms with Crippen LogP contribution in [0.2, 0.25) is 0 Å². The highest BCUT2D eigenvalue weighted by molar-refractivity contribution is 9.10. The minimum absolute atomic E-state index is 0.660. The summed E-state index contributed by atoms with van der Waals surface area (Å²) in [5.41, 5.74) is 2.06. The lowest BCUT2D eigenvalue weighted by atomic mass is 10.2. The average molecular weight is 404 g/mol. The number of nitrogens with zero attached hydrogens (tertiary/aromatic N) is 3. The van der Waals surface area contributed by atoms with Crippen LogP contribution in [0.3, 0.4) is 0 Å². The highest BCUT2D eigenvalue weighted by Crippen LogP contribution is 2.29. The van der Waals surface area contributed by atoms with Crippen LogP contribution in [-0.2, 0) is 0 Å². The van der Waals surface area contributed by atoms with Gasteiger partial charge in [0.1, 0.15) is 5.75 Å². The molecule has 0 saturated heterocycles. The van der Waals surface area contributed by atoms with Gasteiger partial charge in [0.2, 0.25) is 0 Å². The average Bonchev–Trinajstić information content (AvgIpc) is 3.01. The molecule has 0 unspecified atom stereocenters. The van der Waals surface area contributed by atoms with Gasteiger partial charge in [-0.2, -0.15) is 0 Å². The fraction of sp³-hybridized carbons (Fsp3) is 0.222. The van der Waals surface area contributed by atoms with E-state index in [1.807, 2.05) is 55.5 Å². The summed E-state index contributed by atoms with van der Waals surface area (Å²) in [6.45, 7) is 4.75. The second-order valence-electron chi connectivity index (χ2n) is 5.01. The summed E-state index contributed by atoms with van der Waals surface area (Å²) in [5.74, 6) is 2.64. The van der Waals surface area contributed by atoms with Crippen LogP contribution >= 0.6 is 27.7 Å². The lowest BCUT2D eigenvalue weighted by Crippen LogP contribution is -2.00. The van der Waals surface area contributed by atoms with Gasteiger partial charge in [0.25, 0.3) is 0 Å². The summed E-state index contributed by atoms with van der Waals surface area (Å²) in [6.07, 6.45) is 0. The zero-order valence-corrected chi connectivity index (χ0v) is 16.0. The van der Waals surface area contributed by atoms with E-state index in [4.69, 9.17) is 4.74 Å². The van der Waals surface area contributed by atoms with Crippen LogP contribution < -0.4 is 4.74 Å². The Hall–Kier alpha value is -1.79. The van der Waals surface area contributed by atoms with E-state index >= 15 is 0 Å². The molecule has 0 amide bonds. The van der Waals surface area contributed by atoms with E-state index in [1.54, 1.807) is 11.8 Å². The third-order valence-corrected chi connectivity index (χ3v) is 4.75. The van der Waals surface area contributed by atoms with E-state index in [2.05, 4.69) is 37.6 Å². The molecule has 6 heteroatoms. The fourth-order valence-corrected chi connectivity index (χ4v) is 3.31. The molecule has 0 saturated carbocycles. The summed E-state index contributed by atoms with van der Waals surface area (Å²) < 4.78 is 8.67. The number of benzene rings is 2. The Morgan fingerprint density at radius 2 is 1.71 bits per heavy atom. The Labute approximate surface area is 154 Å². The smallest absolute Gasteiger partial charge is 0.196 e. The number of hydrogen-bond donors (Lipinski definition) is 0. The molecule has 0 radical (unpaired) electrons. The van der Waals surface area contributed by atoms with E-state index in [1.165, 1.54) is 0 Å². The Balaban J connectivity index is 2.06. The lowest BCUT2D eigenvalue weighted by Gasteiger charge is -2.11. The van der Waals surface area contributed by atoms with E-state index in [0.29, 0.717) is 6.61 Å². The number of thioether (sulfide) groups is 1. The molecule has 0 aliphatic rings. The molecule has 124 valence electrons. The molecule has 0 spiro atoms. The number of aromatic nitrogens is 3. The first kappa shape index (κ1) is 17.0. The molecule has 1 heterocycles. The molecule has 0 N–H and O–H groups in total. The zero-order valence-electron chi connectivity index (χ0n) is 13.6. The Bertz CT molecular complexity index is 800. The van der Waals surface area contributed by atoms with Crippen molar-refractivity contribution in [3.8, 4) is 22.8 Å². The molecule has 2 aromatic carbocycles. The fourth-order valence-electron chi connectivity index (χ4n) is 2.37. The standard InChI is InChI=1S/C18H18BrN3OS/c1-3-23-16-11-9-15(10-12-16)22-17(20-21-18(22)24-4-2)13-5-7-14(19)8-6-13/h5-12H,3-4H2,1-2H3. The van der Waals surface area contributed by atoms with Crippen LogP contribution in [0.25, 0.3) is 17.1 Å². The third kappa shape index (κ3) is 3.65. The molecule has 0 bridgehead atoms. The van der Waals surface area contributed by atoms with Crippen LogP contribution in [-0.4, -0.2) is 27.1 Å². The van der Waals surface area contributed by atoms with Crippen molar-refractivity contribution in [1.29, 1.82) is 0 Å². The number of hydrogen-bond acceptors (Lipinski definition) is 4. The van der Waals surface area contributed by atoms with Gasteiger partial charge >= 0.3 is 0 Å². The SMILES string of the molecule is CCOc1ccc(-n2c(SCC)nnc2-c2ccc(Br)cc2)cc1. The quantitative estimate of drug-likeness (QED) is 0.529. The van der Waals surface area contributed by atoms with Crippen LogP contribution in [0.15, 0.2) is 58.2 Å². The lowest BCUT2D eigenvalue weighted by molar-refractivity contribution is 0.340. The second kappa shape index (κ2) is 7.85. The molecule has 3 rings (SSSR count). The van der Waals surface area contributed by atoms with E-state index in [9.17, 15) is 0 Å². The van der Waals surface area contributed by atoms with Gasteiger partial charge in [-0.25, -0.2) is 0 Å². The number of halogens is 1. The molecule has 0 aliphatic carbocycles. The Morgan fingerprint density at radius 3 is 2.33 bits per heavy atom. The maximum atomic E-state index is 5.53. The van der Waals surface area contributed by atoms with Crippen LogP contribution in [0.4, 0.5) is 0 Å². The normalized spacial score (nSPS) is 10.8. The Morgan fingerprint density at radius 1 is 1.00 bits per heavy atom. The highest BCUT2D eigenvalue weighted by Gasteiger charge is 2.15. The van der Waals surface area contributed by atoms with Crippen LogP contribution in [0.5, 0.6) is 5.75 Å². The molecule has 1 aromatic heterocycles. The minimum atomic E-state index is 0.660. The van der Waals surface area contributed by atoms with E-state index < -0.39 is 0 Å². The van der Waals surface area contributed by atoms with Gasteiger partial charge in [0, 0.05) is 15.7 Å². The molecular weight excluding hydrogens is 386 g/mol. The maximum absolute atomic E-state index is 5.53. The number of ether oxygens (including phenoxy) is 1. The predicted octanol–water partition coefficient (Wildman–Crippen LogP) is 5.21. The summed E-state index contributed by atoms with van der Waals surface area (Å²) in [5, 5.41) is 9.68. The predicted molar refractivity (Wildman–Crippen MR) is 102 cm³/mol. The van der Waals surface area contributed by atoms with Crippen LogP contribution in [0, 0.1) is 0 Å². The first-order valence-electron chi connectivity index (χ1n) is 7.80. The second-order valence-corrected chi connectivity index (χ2v) is 7.16. The molecule has 0 atom stereocenters. The van der Waals surface area contributed by atoms with Crippen molar-refractivity contribution in [3.05, 3.63) is 53.0 Å². The van der Waals surface area contributed by atoms with Crippen molar-refractivity contribution in [2.75, 3.05) is 12.4 Å². The van der Waals surface area contributed by atoms with Gasteiger partial charge < -0.3 is 4.74 Å². The zero-order chi connectivity index (χ0) is 16.9. The molecular formula is C18H18BrN3OS. The summed E-state index contributed by atoms with van der Waals surface area (Å²) in [4.78, 5) is 0. The Kier molecular flexibility index (Phi) is 5.58. The molecule has 3 aromatic rings. The first-order chi connectivity index (χ1) is 11.7. The molecule has 0 fully saturated rings. The van der Waals surface area contributed by atoms with Crippen molar-refractivity contribution >= 4 is 27.7 Å². The molecule has 4 nitrogen and oxygen atoms in total. The first-order valence-corrected chi connectivity index (χ1v) is 9.58. The van der Waals surface area contributed by atoms with Crippen molar-refractivity contribution in [2.45, 2.75) is 19.0 Å². The summed E-state index contributed by atoms with van der Waals surface area (Å²) in [7, 11) is 0. The summed E-state index contributed by atoms with van der Waals surface area (Å²) >= 11 is 5.15. The van der Waals surface area contributed by atoms with Gasteiger partial charge in [0.15, 0.2) is 11.0 Å². The van der Waals surface area contributed by atoms with E-state index in [-0.39, 0.29) is 0 Å². The van der Waals surface area contributed by atoms with Gasteiger partial charge in [-0.05, 0) is 49.1 Å². The van der Waals surface area contributed by atoms with Gasteiger partial charge in [-0.1, -0.05) is 46.7 Å². The number of rotatable bonds is 6. The highest BCUT2D eigenvalue weighted by atomic mass is 79.9. The molecule has 0 aliphatic heterocycles. The van der Waals surface area contributed by atoms with Crippen molar-refractivity contribution in [1.82, 2.24) is 14.8 Å². The largest absolute Gasteiger partial charge is 0.494 e. The van der Waals surface area contributed by atoms with E-state index in [0.717, 1.165) is 38.2 Å². The van der Waals surface area contributed by atoms with Crippen LogP contribution in [0.1, 0.15) is 13.8 Å². The summed E-state index contributed by atoms with van der Waals surface area (Å²) in [6, 6.07) is 16.1.